The Morgan fingerprint density at radius 2 is 2.00 bits per heavy atom. The Morgan fingerprint density at radius 1 is 1.30 bits per heavy atom. The van der Waals surface area contributed by atoms with Crippen molar-refractivity contribution in [3.05, 3.63) is 65.3 Å². The van der Waals surface area contributed by atoms with Crippen molar-refractivity contribution >= 4 is 23.5 Å². The Hall–Kier alpha value is -3.13. The Labute approximate surface area is 159 Å². The normalized spacial score (nSPS) is 11.9. The smallest absolute Gasteiger partial charge is 0.328 e. The van der Waals surface area contributed by atoms with Crippen molar-refractivity contribution in [2.24, 2.45) is 0 Å². The van der Waals surface area contributed by atoms with Crippen LogP contribution in [-0.2, 0) is 9.53 Å². The second kappa shape index (κ2) is 7.63. The predicted molar refractivity (Wildman–Crippen MR) is 96.8 cm³/mol. The SMILES string of the molecule is COC(=O)[C@H](C)NC(=O)c1cnn(-c2ccc(Cl)cc2F)c1-n1cccc1. The number of benzene rings is 1. The lowest BCUT2D eigenvalue weighted by atomic mass is 10.2. The van der Waals surface area contributed by atoms with Gasteiger partial charge in [-0.3, -0.25) is 4.79 Å². The molecule has 7 nitrogen and oxygen atoms in total. The molecular weight excluding hydrogens is 375 g/mol. The first-order valence-electron chi connectivity index (χ1n) is 7.98. The lowest BCUT2D eigenvalue weighted by Crippen LogP contribution is -2.39. The highest BCUT2D eigenvalue weighted by atomic mass is 35.5. The van der Waals surface area contributed by atoms with E-state index in [1.165, 1.54) is 37.0 Å². The van der Waals surface area contributed by atoms with Crippen LogP contribution in [0.5, 0.6) is 0 Å². The first kappa shape index (κ1) is 18.7. The zero-order valence-corrected chi connectivity index (χ0v) is 15.3. The number of rotatable bonds is 5. The minimum atomic E-state index is -0.851. The summed E-state index contributed by atoms with van der Waals surface area (Å²) in [6, 6.07) is 6.83. The van der Waals surface area contributed by atoms with E-state index < -0.39 is 23.7 Å². The van der Waals surface area contributed by atoms with E-state index in [-0.39, 0.29) is 16.3 Å². The summed E-state index contributed by atoms with van der Waals surface area (Å²) in [5.41, 5.74) is 0.291. The summed E-state index contributed by atoms with van der Waals surface area (Å²) in [5.74, 6) is -1.40. The number of ether oxygens (including phenoxy) is 1. The van der Waals surface area contributed by atoms with E-state index in [9.17, 15) is 14.0 Å². The minimum absolute atomic E-state index is 0.128. The highest BCUT2D eigenvalue weighted by Crippen LogP contribution is 2.24. The van der Waals surface area contributed by atoms with E-state index in [4.69, 9.17) is 11.6 Å². The minimum Gasteiger partial charge on any atom is -0.467 e. The topological polar surface area (TPSA) is 78.2 Å². The van der Waals surface area contributed by atoms with Crippen molar-refractivity contribution in [1.29, 1.82) is 0 Å². The molecule has 1 aromatic carbocycles. The van der Waals surface area contributed by atoms with Gasteiger partial charge in [-0.2, -0.15) is 5.10 Å². The third-order valence-electron chi connectivity index (χ3n) is 3.88. The highest BCUT2D eigenvalue weighted by molar-refractivity contribution is 6.30. The summed E-state index contributed by atoms with van der Waals surface area (Å²) in [5, 5.41) is 6.95. The number of carbonyl (C=O) groups is 2. The molecule has 2 aromatic heterocycles. The van der Waals surface area contributed by atoms with E-state index in [2.05, 4.69) is 15.2 Å². The van der Waals surface area contributed by atoms with E-state index in [0.29, 0.717) is 5.82 Å². The van der Waals surface area contributed by atoms with Crippen LogP contribution in [0.25, 0.3) is 11.5 Å². The maximum atomic E-state index is 14.4. The molecule has 0 saturated carbocycles. The van der Waals surface area contributed by atoms with Gasteiger partial charge in [-0.25, -0.2) is 13.9 Å². The zero-order chi connectivity index (χ0) is 19.6. The maximum absolute atomic E-state index is 14.4. The molecule has 3 rings (SSSR count). The van der Waals surface area contributed by atoms with Crippen LogP contribution in [0.3, 0.4) is 0 Å². The zero-order valence-electron chi connectivity index (χ0n) is 14.5. The van der Waals surface area contributed by atoms with Crippen LogP contribution in [-0.4, -0.2) is 39.4 Å². The molecule has 1 N–H and O–H groups in total. The molecule has 140 valence electrons. The van der Waals surface area contributed by atoms with Crippen molar-refractivity contribution < 1.29 is 18.7 Å². The van der Waals surface area contributed by atoms with Gasteiger partial charge in [0, 0.05) is 17.4 Å². The lowest BCUT2D eigenvalue weighted by molar-refractivity contribution is -0.142. The lowest BCUT2D eigenvalue weighted by Gasteiger charge is -2.14. The molecule has 3 aromatic rings. The summed E-state index contributed by atoms with van der Waals surface area (Å²) in [7, 11) is 1.23. The number of nitrogens with one attached hydrogen (secondary N) is 1. The number of methoxy groups -OCH3 is 1. The molecule has 1 atom stereocenters. The molecule has 0 aliphatic carbocycles. The molecule has 2 heterocycles. The van der Waals surface area contributed by atoms with Gasteiger partial charge in [0.1, 0.15) is 23.1 Å². The number of hydrogen-bond donors (Lipinski definition) is 1. The van der Waals surface area contributed by atoms with Crippen molar-refractivity contribution in [2.75, 3.05) is 7.11 Å². The quantitative estimate of drug-likeness (QED) is 0.679. The summed E-state index contributed by atoms with van der Waals surface area (Å²) >= 11 is 5.82. The molecule has 0 saturated heterocycles. The fourth-order valence-electron chi connectivity index (χ4n) is 2.57. The Balaban J connectivity index is 2.07. The number of amides is 1. The number of nitrogens with zero attached hydrogens (tertiary/aromatic N) is 3. The van der Waals surface area contributed by atoms with Crippen molar-refractivity contribution in [3.8, 4) is 11.5 Å². The van der Waals surface area contributed by atoms with Gasteiger partial charge in [-0.1, -0.05) is 11.6 Å². The average Bonchev–Trinajstić information content (AvgIpc) is 3.30. The van der Waals surface area contributed by atoms with E-state index >= 15 is 0 Å². The monoisotopic (exact) mass is 390 g/mol. The van der Waals surface area contributed by atoms with Crippen LogP contribution in [0, 0.1) is 5.82 Å². The number of carbonyl (C=O) groups excluding carboxylic acids is 2. The first-order valence-corrected chi connectivity index (χ1v) is 8.35. The van der Waals surface area contributed by atoms with E-state index in [0.717, 1.165) is 6.07 Å². The van der Waals surface area contributed by atoms with Crippen LogP contribution in [0.1, 0.15) is 17.3 Å². The fourth-order valence-corrected chi connectivity index (χ4v) is 2.72. The fraction of sp³-hybridized carbons (Fsp3) is 0.167. The van der Waals surface area contributed by atoms with Gasteiger partial charge in [0.25, 0.3) is 5.91 Å². The highest BCUT2D eigenvalue weighted by Gasteiger charge is 2.24. The number of aromatic nitrogens is 3. The van der Waals surface area contributed by atoms with Crippen LogP contribution in [0.2, 0.25) is 5.02 Å². The van der Waals surface area contributed by atoms with Crippen LogP contribution in [0.15, 0.2) is 48.9 Å². The van der Waals surface area contributed by atoms with Gasteiger partial charge in [-0.05, 0) is 37.3 Å². The van der Waals surface area contributed by atoms with Gasteiger partial charge >= 0.3 is 5.97 Å². The molecule has 0 radical (unpaired) electrons. The van der Waals surface area contributed by atoms with Crippen LogP contribution in [0.4, 0.5) is 4.39 Å². The first-order chi connectivity index (χ1) is 12.9. The standard InChI is InChI=1S/C18H16ClFN4O3/c1-11(18(26)27-2)22-16(25)13-10-21-24(17(13)23-7-3-4-8-23)15-6-5-12(19)9-14(15)20/h3-11H,1-2H3,(H,22,25)/t11-/m0/s1. The Kier molecular flexibility index (Phi) is 5.27. The van der Waals surface area contributed by atoms with Gasteiger partial charge in [0.2, 0.25) is 0 Å². The van der Waals surface area contributed by atoms with Crippen molar-refractivity contribution in [2.45, 2.75) is 13.0 Å². The largest absolute Gasteiger partial charge is 0.467 e. The number of esters is 1. The molecule has 1 amide bonds. The Bertz CT molecular complexity index is 985. The van der Waals surface area contributed by atoms with Gasteiger partial charge in [0.05, 0.1) is 13.3 Å². The molecule has 0 spiro atoms. The predicted octanol–water partition coefficient (Wildman–Crippen LogP) is 2.75. The summed E-state index contributed by atoms with van der Waals surface area (Å²) in [4.78, 5) is 24.2. The molecule has 0 unspecified atom stereocenters. The van der Waals surface area contributed by atoms with Gasteiger partial charge in [0.15, 0.2) is 5.82 Å². The van der Waals surface area contributed by atoms with Crippen LogP contribution < -0.4 is 5.32 Å². The molecule has 0 fully saturated rings. The van der Waals surface area contributed by atoms with E-state index in [1.54, 1.807) is 29.1 Å². The van der Waals surface area contributed by atoms with Crippen LogP contribution >= 0.6 is 11.6 Å². The second-order valence-electron chi connectivity index (χ2n) is 5.70. The summed E-state index contributed by atoms with van der Waals surface area (Å²) in [6.07, 6.45) is 4.70. The molecule has 0 aliphatic heterocycles. The number of halogens is 2. The Morgan fingerprint density at radius 3 is 2.63 bits per heavy atom. The second-order valence-corrected chi connectivity index (χ2v) is 6.13. The van der Waals surface area contributed by atoms with Crippen molar-refractivity contribution in [1.82, 2.24) is 19.7 Å². The van der Waals surface area contributed by atoms with Gasteiger partial charge in [-0.15, -0.1) is 0 Å². The molecule has 0 bridgehead atoms. The molecule has 27 heavy (non-hydrogen) atoms. The molecular formula is C18H16ClFN4O3. The van der Waals surface area contributed by atoms with Gasteiger partial charge < -0.3 is 14.6 Å². The summed E-state index contributed by atoms with van der Waals surface area (Å²) in [6.45, 7) is 1.50. The molecule has 9 heteroatoms. The third kappa shape index (κ3) is 3.70. The van der Waals surface area contributed by atoms with E-state index in [1.807, 2.05) is 0 Å². The average molecular weight is 391 g/mol. The molecule has 0 aliphatic rings. The number of hydrogen-bond acceptors (Lipinski definition) is 4. The maximum Gasteiger partial charge on any atom is 0.328 e. The third-order valence-corrected chi connectivity index (χ3v) is 4.11. The summed E-state index contributed by atoms with van der Waals surface area (Å²) < 4.78 is 21.9. The van der Waals surface area contributed by atoms with Crippen molar-refractivity contribution in [3.63, 3.8) is 0 Å².